The van der Waals surface area contributed by atoms with Crippen molar-refractivity contribution in [3.8, 4) is 11.7 Å². The van der Waals surface area contributed by atoms with Crippen molar-refractivity contribution in [2.75, 3.05) is 44.8 Å². The number of allylic oxidation sites excluding steroid dienone is 1. The first kappa shape index (κ1) is 27.5. The van der Waals surface area contributed by atoms with Gasteiger partial charge in [0, 0.05) is 63.8 Å². The number of piperazine rings is 1. The smallest absolute Gasteiger partial charge is 0.236 e. The Balaban J connectivity index is 1.13. The number of imidazole rings is 1. The molecule has 2 aromatic heterocycles. The standard InChI is InChI=1S/C30H32FN7O4/c1-40-25-3-2-21(14-24(25)31)17-36-11-12-37(28-5-8-34-30(35-28)38-10-9-32-20-38)18-23(36)16-29(39)33-7-4-22-15-27-26(42-19-22)6-13-41-27/h2-3,5-6,8-10,14-15,19-20,23H,4,7,11-13,16-18H2,1H3,(H,33,39). The number of anilines is 1. The van der Waals surface area contributed by atoms with Gasteiger partial charge in [0.05, 0.1) is 13.4 Å². The van der Waals surface area contributed by atoms with Crippen LogP contribution in [-0.2, 0) is 20.8 Å². The van der Waals surface area contributed by atoms with Crippen molar-refractivity contribution in [1.82, 2.24) is 29.7 Å². The van der Waals surface area contributed by atoms with Gasteiger partial charge in [-0.05, 0) is 47.9 Å². The van der Waals surface area contributed by atoms with E-state index in [1.54, 1.807) is 41.8 Å². The van der Waals surface area contributed by atoms with Crippen molar-refractivity contribution in [2.24, 2.45) is 0 Å². The molecule has 42 heavy (non-hydrogen) atoms. The summed E-state index contributed by atoms with van der Waals surface area (Å²) < 4.78 is 32.4. The van der Waals surface area contributed by atoms with Gasteiger partial charge in [-0.2, -0.15) is 4.98 Å². The van der Waals surface area contributed by atoms with Crippen molar-refractivity contribution in [2.45, 2.75) is 25.4 Å². The van der Waals surface area contributed by atoms with E-state index in [0.29, 0.717) is 51.7 Å². The molecule has 3 aromatic rings. The van der Waals surface area contributed by atoms with Crippen LogP contribution in [0.2, 0.25) is 0 Å². The van der Waals surface area contributed by atoms with Crippen LogP contribution in [0.3, 0.4) is 0 Å². The van der Waals surface area contributed by atoms with Crippen LogP contribution in [0.4, 0.5) is 10.2 Å². The number of carbonyl (C=O) groups excluding carboxylic acids is 1. The Morgan fingerprint density at radius 1 is 1.21 bits per heavy atom. The lowest BCUT2D eigenvalue weighted by atomic mass is 10.1. The van der Waals surface area contributed by atoms with Crippen LogP contribution in [0.5, 0.6) is 5.75 Å². The van der Waals surface area contributed by atoms with Crippen LogP contribution >= 0.6 is 0 Å². The van der Waals surface area contributed by atoms with Gasteiger partial charge in [0.15, 0.2) is 23.1 Å². The minimum absolute atomic E-state index is 0.0581. The Labute approximate surface area is 242 Å². The van der Waals surface area contributed by atoms with Gasteiger partial charge in [-0.3, -0.25) is 14.3 Å². The molecular formula is C30H32FN7O4. The highest BCUT2D eigenvalue weighted by Gasteiger charge is 2.30. The van der Waals surface area contributed by atoms with E-state index in [4.69, 9.17) is 19.2 Å². The minimum Gasteiger partial charge on any atom is -0.494 e. The predicted molar refractivity (Wildman–Crippen MR) is 152 cm³/mol. The van der Waals surface area contributed by atoms with Gasteiger partial charge < -0.3 is 24.4 Å². The number of benzene rings is 1. The quantitative estimate of drug-likeness (QED) is 0.392. The lowest BCUT2D eigenvalue weighted by Crippen LogP contribution is -2.54. The highest BCUT2D eigenvalue weighted by molar-refractivity contribution is 5.76. The van der Waals surface area contributed by atoms with Crippen LogP contribution < -0.4 is 15.0 Å². The van der Waals surface area contributed by atoms with Crippen molar-refractivity contribution < 1.29 is 23.4 Å². The summed E-state index contributed by atoms with van der Waals surface area (Å²) >= 11 is 0. The average Bonchev–Trinajstić information content (AvgIpc) is 3.71. The van der Waals surface area contributed by atoms with Crippen LogP contribution in [-0.4, -0.2) is 76.3 Å². The zero-order valence-electron chi connectivity index (χ0n) is 23.3. The first-order valence-corrected chi connectivity index (χ1v) is 13.9. The Morgan fingerprint density at radius 2 is 2.14 bits per heavy atom. The number of halogens is 1. The van der Waals surface area contributed by atoms with Crippen molar-refractivity contribution in [3.05, 3.63) is 96.1 Å². The Hall–Kier alpha value is -4.71. The van der Waals surface area contributed by atoms with E-state index in [9.17, 15) is 9.18 Å². The van der Waals surface area contributed by atoms with Gasteiger partial charge in [0.2, 0.25) is 11.9 Å². The van der Waals surface area contributed by atoms with E-state index in [2.05, 4.69) is 25.1 Å². The number of methoxy groups -OCH3 is 1. The molecule has 0 saturated carbocycles. The summed E-state index contributed by atoms with van der Waals surface area (Å²) in [5.41, 5.74) is 1.77. The maximum atomic E-state index is 14.4. The summed E-state index contributed by atoms with van der Waals surface area (Å²) in [6, 6.07) is 6.73. The van der Waals surface area contributed by atoms with Gasteiger partial charge >= 0.3 is 0 Å². The van der Waals surface area contributed by atoms with E-state index in [0.717, 1.165) is 28.5 Å². The van der Waals surface area contributed by atoms with Gasteiger partial charge in [-0.1, -0.05) is 6.07 Å². The Bertz CT molecular complexity index is 1520. The summed E-state index contributed by atoms with van der Waals surface area (Å²) in [6.45, 7) is 3.42. The summed E-state index contributed by atoms with van der Waals surface area (Å²) in [7, 11) is 1.45. The summed E-state index contributed by atoms with van der Waals surface area (Å²) in [5, 5.41) is 3.05. The molecule has 0 spiro atoms. The molecule has 12 heteroatoms. The molecule has 1 aromatic carbocycles. The number of rotatable bonds is 10. The van der Waals surface area contributed by atoms with Gasteiger partial charge in [0.1, 0.15) is 18.8 Å². The fourth-order valence-corrected chi connectivity index (χ4v) is 5.27. The molecule has 1 saturated heterocycles. The van der Waals surface area contributed by atoms with Crippen LogP contribution in [0.1, 0.15) is 18.4 Å². The van der Waals surface area contributed by atoms with Crippen molar-refractivity contribution in [1.29, 1.82) is 0 Å². The fraction of sp³-hybridized carbons (Fsp3) is 0.333. The number of nitrogens with one attached hydrogen (secondary N) is 1. The number of ether oxygens (including phenoxy) is 3. The van der Waals surface area contributed by atoms with Crippen LogP contribution in [0.15, 0.2) is 84.7 Å². The molecule has 0 bridgehead atoms. The number of hydrogen-bond acceptors (Lipinski definition) is 9. The van der Waals surface area contributed by atoms with Crippen LogP contribution in [0, 0.1) is 5.82 Å². The largest absolute Gasteiger partial charge is 0.494 e. The highest BCUT2D eigenvalue weighted by Crippen LogP contribution is 2.27. The molecule has 0 radical (unpaired) electrons. The lowest BCUT2D eigenvalue weighted by molar-refractivity contribution is -0.122. The molecule has 3 aliphatic rings. The second-order valence-corrected chi connectivity index (χ2v) is 10.2. The second kappa shape index (κ2) is 12.4. The summed E-state index contributed by atoms with van der Waals surface area (Å²) in [4.78, 5) is 30.7. The highest BCUT2D eigenvalue weighted by atomic mass is 19.1. The molecule has 3 aliphatic heterocycles. The molecular weight excluding hydrogens is 541 g/mol. The fourth-order valence-electron chi connectivity index (χ4n) is 5.27. The minimum atomic E-state index is -0.405. The lowest BCUT2D eigenvalue weighted by Gasteiger charge is -2.42. The number of aromatic nitrogens is 4. The topological polar surface area (TPSA) is 107 Å². The SMILES string of the molecule is COc1ccc(CN2CCN(c3ccnc(-n4ccnc4)n3)CC2CC(=O)NCCC2=COC3=CCOC3=C2)cc1F. The molecule has 0 aliphatic carbocycles. The zero-order chi connectivity index (χ0) is 28.9. The van der Waals surface area contributed by atoms with E-state index >= 15 is 0 Å². The number of carbonyl (C=O) groups is 1. The number of hydrogen-bond donors (Lipinski definition) is 1. The monoisotopic (exact) mass is 573 g/mol. The van der Waals surface area contributed by atoms with Gasteiger partial charge in [-0.25, -0.2) is 14.4 Å². The number of amides is 1. The van der Waals surface area contributed by atoms with Gasteiger partial charge in [-0.15, -0.1) is 0 Å². The maximum absolute atomic E-state index is 14.4. The van der Waals surface area contributed by atoms with E-state index in [1.165, 1.54) is 13.2 Å². The summed E-state index contributed by atoms with van der Waals surface area (Å²) in [6.07, 6.45) is 13.3. The predicted octanol–water partition coefficient (Wildman–Crippen LogP) is 3.11. The maximum Gasteiger partial charge on any atom is 0.236 e. The normalized spacial score (nSPS) is 18.3. The molecule has 218 valence electrons. The Morgan fingerprint density at radius 3 is 2.98 bits per heavy atom. The van der Waals surface area contributed by atoms with Crippen molar-refractivity contribution >= 4 is 11.7 Å². The molecule has 1 N–H and O–H groups in total. The molecule has 1 amide bonds. The van der Waals surface area contributed by atoms with E-state index < -0.39 is 5.82 Å². The summed E-state index contributed by atoms with van der Waals surface area (Å²) in [5.74, 6) is 2.51. The van der Waals surface area contributed by atoms with Crippen LogP contribution in [0.25, 0.3) is 5.95 Å². The third-order valence-electron chi connectivity index (χ3n) is 7.46. The number of fused-ring (bicyclic) bond motifs is 1. The molecule has 11 nitrogen and oxygen atoms in total. The first-order valence-electron chi connectivity index (χ1n) is 13.9. The van der Waals surface area contributed by atoms with E-state index in [-0.39, 0.29) is 24.1 Å². The third kappa shape index (κ3) is 6.28. The van der Waals surface area contributed by atoms with E-state index in [1.807, 2.05) is 24.3 Å². The molecule has 1 fully saturated rings. The molecule has 1 atom stereocenters. The second-order valence-electron chi connectivity index (χ2n) is 10.2. The van der Waals surface area contributed by atoms with Crippen molar-refractivity contribution in [3.63, 3.8) is 0 Å². The molecule has 6 rings (SSSR count). The zero-order valence-corrected chi connectivity index (χ0v) is 23.3. The average molecular weight is 574 g/mol. The molecule has 1 unspecified atom stereocenters. The third-order valence-corrected chi connectivity index (χ3v) is 7.46. The first-order chi connectivity index (χ1) is 20.6. The Kier molecular flexibility index (Phi) is 8.13. The number of nitrogens with zero attached hydrogens (tertiary/aromatic N) is 6. The molecule has 5 heterocycles. The van der Waals surface area contributed by atoms with Gasteiger partial charge in [0.25, 0.3) is 0 Å².